The average molecular weight is 258 g/mol. The Kier molecular flexibility index (Phi) is 3.12. The molecule has 1 saturated heterocycles. The predicted octanol–water partition coefficient (Wildman–Crippen LogP) is 3.89. The first-order valence-corrected chi connectivity index (χ1v) is 7.35. The van der Waals surface area contributed by atoms with Crippen molar-refractivity contribution >= 4 is 5.97 Å². The normalized spacial score (nSPS) is 37.8. The number of fused-ring (bicyclic) bond motifs is 1. The molecular weight excluding hydrogens is 236 g/mol. The van der Waals surface area contributed by atoms with Crippen LogP contribution in [0.3, 0.4) is 0 Å². The van der Waals surface area contributed by atoms with Crippen molar-refractivity contribution in [3.63, 3.8) is 0 Å². The molecule has 0 bridgehead atoms. The third kappa shape index (κ3) is 2.07. The predicted molar refractivity (Wildman–Crippen MR) is 74.6 cm³/mol. The number of hydrogen-bond donors (Lipinski definition) is 0. The summed E-state index contributed by atoms with van der Waals surface area (Å²) in [6.07, 6.45) is 2.28. The number of cyclic esters (lactones) is 1. The summed E-state index contributed by atoms with van der Waals surface area (Å²) in [7, 11) is 0. The second-order valence-electron chi connectivity index (χ2n) is 6.37. The summed E-state index contributed by atoms with van der Waals surface area (Å²) < 4.78 is 5.77. The number of rotatable bonds is 1. The van der Waals surface area contributed by atoms with Crippen molar-refractivity contribution in [3.8, 4) is 0 Å². The van der Waals surface area contributed by atoms with Crippen LogP contribution < -0.4 is 0 Å². The van der Waals surface area contributed by atoms with Crippen LogP contribution in [0, 0.1) is 30.6 Å². The zero-order valence-corrected chi connectivity index (χ0v) is 11.9. The lowest BCUT2D eigenvalue weighted by molar-refractivity contribution is -0.172. The third-order valence-electron chi connectivity index (χ3n) is 5.10. The molecule has 2 fully saturated rings. The first kappa shape index (κ1) is 12.7. The lowest BCUT2D eigenvalue weighted by atomic mass is 9.75. The second kappa shape index (κ2) is 4.66. The number of aryl methyl sites for hydroxylation is 1. The van der Waals surface area contributed by atoms with E-state index in [0.29, 0.717) is 17.8 Å². The molecule has 1 saturated carbocycles. The van der Waals surface area contributed by atoms with Gasteiger partial charge in [0.2, 0.25) is 0 Å². The molecule has 5 unspecified atom stereocenters. The van der Waals surface area contributed by atoms with E-state index in [1.807, 2.05) is 0 Å². The summed E-state index contributed by atoms with van der Waals surface area (Å²) in [4.78, 5) is 12.3. The Morgan fingerprint density at radius 2 is 1.79 bits per heavy atom. The monoisotopic (exact) mass is 258 g/mol. The molecule has 0 spiro atoms. The number of esters is 1. The van der Waals surface area contributed by atoms with E-state index >= 15 is 0 Å². The zero-order chi connectivity index (χ0) is 13.6. The smallest absolute Gasteiger partial charge is 0.310 e. The van der Waals surface area contributed by atoms with E-state index in [0.717, 1.165) is 12.0 Å². The van der Waals surface area contributed by atoms with Crippen molar-refractivity contribution in [2.45, 2.75) is 39.7 Å². The van der Waals surface area contributed by atoms with Crippen molar-refractivity contribution in [1.82, 2.24) is 0 Å². The summed E-state index contributed by atoms with van der Waals surface area (Å²) in [6, 6.07) is 8.39. The zero-order valence-electron chi connectivity index (χ0n) is 11.9. The molecule has 0 radical (unpaired) electrons. The van der Waals surface area contributed by atoms with Crippen molar-refractivity contribution in [2.24, 2.45) is 23.7 Å². The van der Waals surface area contributed by atoms with E-state index in [1.54, 1.807) is 0 Å². The van der Waals surface area contributed by atoms with Crippen LogP contribution in [0.25, 0.3) is 0 Å². The van der Waals surface area contributed by atoms with Gasteiger partial charge in [-0.25, -0.2) is 0 Å². The minimum absolute atomic E-state index is 0.0266. The lowest BCUT2D eigenvalue weighted by Gasteiger charge is -2.38. The van der Waals surface area contributed by atoms with Crippen LogP contribution in [0.4, 0.5) is 0 Å². The minimum Gasteiger partial charge on any atom is -0.457 e. The summed E-state index contributed by atoms with van der Waals surface area (Å²) >= 11 is 0. The van der Waals surface area contributed by atoms with Crippen molar-refractivity contribution in [3.05, 3.63) is 35.4 Å². The Bertz CT molecular complexity index is 477. The van der Waals surface area contributed by atoms with Crippen LogP contribution in [-0.2, 0) is 9.53 Å². The highest BCUT2D eigenvalue weighted by Gasteiger charge is 2.49. The number of carbonyl (C=O) groups is 1. The molecule has 2 nitrogen and oxygen atoms in total. The highest BCUT2D eigenvalue weighted by atomic mass is 16.5. The van der Waals surface area contributed by atoms with E-state index in [4.69, 9.17) is 4.74 Å². The largest absolute Gasteiger partial charge is 0.457 e. The van der Waals surface area contributed by atoms with Crippen LogP contribution in [0.15, 0.2) is 24.3 Å². The molecule has 0 amide bonds. The van der Waals surface area contributed by atoms with E-state index in [1.165, 1.54) is 12.0 Å². The quantitative estimate of drug-likeness (QED) is 0.714. The first-order chi connectivity index (χ1) is 9.08. The molecule has 19 heavy (non-hydrogen) atoms. The molecule has 1 heterocycles. The Morgan fingerprint density at radius 3 is 2.47 bits per heavy atom. The Hall–Kier alpha value is -1.31. The molecule has 1 aromatic carbocycles. The van der Waals surface area contributed by atoms with Crippen molar-refractivity contribution < 1.29 is 9.53 Å². The van der Waals surface area contributed by atoms with E-state index in [9.17, 15) is 4.79 Å². The molecular formula is C17H22O2. The van der Waals surface area contributed by atoms with E-state index in [-0.39, 0.29) is 18.0 Å². The van der Waals surface area contributed by atoms with E-state index < -0.39 is 0 Å². The van der Waals surface area contributed by atoms with Gasteiger partial charge < -0.3 is 4.74 Å². The molecule has 1 aliphatic carbocycles. The number of benzene rings is 1. The highest BCUT2D eigenvalue weighted by molar-refractivity contribution is 5.75. The lowest BCUT2D eigenvalue weighted by Crippen LogP contribution is -2.39. The van der Waals surface area contributed by atoms with Gasteiger partial charge in [0.05, 0.1) is 5.92 Å². The Morgan fingerprint density at radius 1 is 1.11 bits per heavy atom. The van der Waals surface area contributed by atoms with Crippen molar-refractivity contribution in [1.29, 1.82) is 0 Å². The van der Waals surface area contributed by atoms with Gasteiger partial charge in [0.25, 0.3) is 0 Å². The second-order valence-corrected chi connectivity index (χ2v) is 6.37. The maximum Gasteiger partial charge on any atom is 0.310 e. The van der Waals surface area contributed by atoms with Gasteiger partial charge in [0.1, 0.15) is 6.10 Å². The maximum atomic E-state index is 12.3. The van der Waals surface area contributed by atoms with Gasteiger partial charge in [-0.15, -0.1) is 0 Å². The van der Waals surface area contributed by atoms with Crippen LogP contribution in [0.1, 0.15) is 43.9 Å². The van der Waals surface area contributed by atoms with Gasteiger partial charge in [0, 0.05) is 5.92 Å². The van der Waals surface area contributed by atoms with Gasteiger partial charge in [-0.05, 0) is 37.2 Å². The molecule has 1 aliphatic heterocycles. The van der Waals surface area contributed by atoms with E-state index in [2.05, 4.69) is 45.0 Å². The molecule has 0 aromatic heterocycles. The maximum absolute atomic E-state index is 12.3. The Balaban J connectivity index is 1.88. The SMILES string of the molecule is Cc1ccc(C2OC(=O)C3C(C)CCC3C2C)cc1. The molecule has 5 atom stereocenters. The fraction of sp³-hybridized carbons (Fsp3) is 0.588. The number of hydrogen-bond acceptors (Lipinski definition) is 2. The van der Waals surface area contributed by atoms with Crippen molar-refractivity contribution in [2.75, 3.05) is 0 Å². The summed E-state index contributed by atoms with van der Waals surface area (Å²) in [6.45, 7) is 6.51. The van der Waals surface area contributed by atoms with Gasteiger partial charge in [-0.2, -0.15) is 0 Å². The molecule has 0 N–H and O–H groups in total. The summed E-state index contributed by atoms with van der Waals surface area (Å²) in [5, 5.41) is 0. The molecule has 2 heteroatoms. The first-order valence-electron chi connectivity index (χ1n) is 7.35. The fourth-order valence-corrected chi connectivity index (χ4v) is 3.90. The van der Waals surface area contributed by atoms with Gasteiger partial charge in [0.15, 0.2) is 0 Å². The number of carbonyl (C=O) groups excluding carboxylic acids is 1. The summed E-state index contributed by atoms with van der Waals surface area (Å²) in [5.74, 6) is 1.58. The average Bonchev–Trinajstić information content (AvgIpc) is 2.78. The van der Waals surface area contributed by atoms with Crippen LogP contribution in [0.2, 0.25) is 0 Å². The molecule has 3 rings (SSSR count). The van der Waals surface area contributed by atoms with Gasteiger partial charge in [-0.1, -0.05) is 43.7 Å². The van der Waals surface area contributed by atoms with Crippen LogP contribution in [-0.4, -0.2) is 5.97 Å². The number of ether oxygens (including phenoxy) is 1. The van der Waals surface area contributed by atoms with Crippen LogP contribution in [0.5, 0.6) is 0 Å². The summed E-state index contributed by atoms with van der Waals surface area (Å²) in [5.41, 5.74) is 2.38. The van der Waals surface area contributed by atoms with Gasteiger partial charge >= 0.3 is 5.97 Å². The highest BCUT2D eigenvalue weighted by Crippen LogP contribution is 2.50. The van der Waals surface area contributed by atoms with Gasteiger partial charge in [-0.3, -0.25) is 4.79 Å². The standard InChI is InChI=1S/C17H22O2/c1-10-4-7-13(8-5-10)16-12(3)14-9-6-11(2)15(14)17(18)19-16/h4-5,7-8,11-12,14-16H,6,9H2,1-3H3. The topological polar surface area (TPSA) is 26.3 Å². The Labute approximate surface area is 115 Å². The molecule has 102 valence electrons. The fourth-order valence-electron chi connectivity index (χ4n) is 3.90. The molecule has 2 aliphatic rings. The minimum atomic E-state index is -0.0559. The van der Waals surface area contributed by atoms with Crippen LogP contribution >= 0.6 is 0 Å². The molecule has 1 aromatic rings. The third-order valence-corrected chi connectivity index (χ3v) is 5.10.